The van der Waals surface area contributed by atoms with Crippen LogP contribution in [0.25, 0.3) is 0 Å². The summed E-state index contributed by atoms with van der Waals surface area (Å²) in [6.07, 6.45) is 0.708. The van der Waals surface area contributed by atoms with Crippen LogP contribution in [-0.2, 0) is 19.6 Å². The van der Waals surface area contributed by atoms with Gasteiger partial charge in [-0.1, -0.05) is 19.1 Å². The van der Waals surface area contributed by atoms with Crippen LogP contribution in [0, 0.1) is 0 Å². The maximum absolute atomic E-state index is 12.3. The van der Waals surface area contributed by atoms with E-state index in [9.17, 15) is 13.2 Å². The monoisotopic (exact) mass is 314 g/mol. The molecule has 0 aliphatic rings. The van der Waals surface area contributed by atoms with E-state index in [4.69, 9.17) is 4.74 Å². The molecule has 21 heavy (non-hydrogen) atoms. The molecule has 1 aromatic rings. The molecule has 1 aromatic carbocycles. The minimum Gasteiger partial charge on any atom is -0.465 e. The summed E-state index contributed by atoms with van der Waals surface area (Å²) in [5.74, 6) is -0.395. The first kappa shape index (κ1) is 17.5. The van der Waals surface area contributed by atoms with Crippen LogP contribution < -0.4 is 9.62 Å². The normalized spacial score (nSPS) is 11.2. The number of likely N-dealkylation sites (N-methyl/N-ethyl adjacent to an activating group) is 1. The van der Waals surface area contributed by atoms with E-state index in [1.165, 1.54) is 6.07 Å². The van der Waals surface area contributed by atoms with Gasteiger partial charge in [0, 0.05) is 13.6 Å². The maximum Gasteiger partial charge on any atom is 0.325 e. The zero-order chi connectivity index (χ0) is 15.9. The Balaban J connectivity index is 3.01. The van der Waals surface area contributed by atoms with Crippen molar-refractivity contribution in [3.63, 3.8) is 0 Å². The van der Waals surface area contributed by atoms with Gasteiger partial charge < -0.3 is 9.64 Å². The first-order valence-corrected chi connectivity index (χ1v) is 8.36. The minimum atomic E-state index is -3.59. The summed E-state index contributed by atoms with van der Waals surface area (Å²) in [6.45, 7) is 4.28. The standard InChI is InChI=1S/C14H22N2O4S/c1-4-10-15-21(18,19)13-9-7-6-8-12(13)16(3)11-14(17)20-5-2/h6-9,15H,4-5,10-11H2,1-3H3. The van der Waals surface area contributed by atoms with Gasteiger partial charge in [-0.05, 0) is 25.5 Å². The third-order valence-electron chi connectivity index (χ3n) is 2.78. The van der Waals surface area contributed by atoms with Gasteiger partial charge in [0.1, 0.15) is 11.4 Å². The summed E-state index contributed by atoms with van der Waals surface area (Å²) in [7, 11) is -1.93. The van der Waals surface area contributed by atoms with E-state index < -0.39 is 16.0 Å². The van der Waals surface area contributed by atoms with E-state index in [0.29, 0.717) is 25.3 Å². The zero-order valence-electron chi connectivity index (χ0n) is 12.6. The fourth-order valence-corrected chi connectivity index (χ4v) is 3.18. The highest BCUT2D eigenvalue weighted by Gasteiger charge is 2.20. The molecule has 1 rings (SSSR count). The number of nitrogens with zero attached hydrogens (tertiary/aromatic N) is 1. The van der Waals surface area contributed by atoms with Crippen molar-refractivity contribution in [3.05, 3.63) is 24.3 Å². The van der Waals surface area contributed by atoms with E-state index in [1.807, 2.05) is 6.92 Å². The van der Waals surface area contributed by atoms with Crippen molar-refractivity contribution in [3.8, 4) is 0 Å². The smallest absolute Gasteiger partial charge is 0.325 e. The van der Waals surface area contributed by atoms with Crippen LogP contribution in [0.2, 0.25) is 0 Å². The number of hydrogen-bond donors (Lipinski definition) is 1. The van der Waals surface area contributed by atoms with Gasteiger partial charge in [0.15, 0.2) is 0 Å². The van der Waals surface area contributed by atoms with Crippen molar-refractivity contribution < 1.29 is 17.9 Å². The van der Waals surface area contributed by atoms with E-state index >= 15 is 0 Å². The molecule has 0 fully saturated rings. The molecule has 1 N–H and O–H groups in total. The Hall–Kier alpha value is -1.60. The third-order valence-corrected chi connectivity index (χ3v) is 4.29. The molecular weight excluding hydrogens is 292 g/mol. The van der Waals surface area contributed by atoms with Gasteiger partial charge in [-0.25, -0.2) is 13.1 Å². The predicted octanol–water partition coefficient (Wildman–Crippen LogP) is 1.37. The Kier molecular flexibility index (Phi) is 6.64. The van der Waals surface area contributed by atoms with Crippen LogP contribution >= 0.6 is 0 Å². The lowest BCUT2D eigenvalue weighted by atomic mass is 10.3. The summed E-state index contributed by atoms with van der Waals surface area (Å²) >= 11 is 0. The van der Waals surface area contributed by atoms with Gasteiger partial charge in [-0.2, -0.15) is 0 Å². The van der Waals surface area contributed by atoms with Crippen LogP contribution in [0.15, 0.2) is 29.2 Å². The molecular formula is C14H22N2O4S. The number of nitrogens with one attached hydrogen (secondary N) is 1. The number of carbonyl (C=O) groups is 1. The Morgan fingerprint density at radius 3 is 2.57 bits per heavy atom. The quantitative estimate of drug-likeness (QED) is 0.734. The number of ether oxygens (including phenoxy) is 1. The molecule has 0 saturated heterocycles. The van der Waals surface area contributed by atoms with Crippen molar-refractivity contribution in [1.29, 1.82) is 0 Å². The molecule has 0 heterocycles. The van der Waals surface area contributed by atoms with Gasteiger partial charge in [-0.15, -0.1) is 0 Å². The molecule has 0 unspecified atom stereocenters. The number of rotatable bonds is 8. The van der Waals surface area contributed by atoms with Gasteiger partial charge in [0.2, 0.25) is 10.0 Å². The molecule has 0 bridgehead atoms. The van der Waals surface area contributed by atoms with Crippen LogP contribution in [0.5, 0.6) is 0 Å². The number of benzene rings is 1. The molecule has 0 aliphatic carbocycles. The van der Waals surface area contributed by atoms with Gasteiger partial charge >= 0.3 is 5.97 Å². The van der Waals surface area contributed by atoms with E-state index in [0.717, 1.165) is 0 Å². The van der Waals surface area contributed by atoms with E-state index in [-0.39, 0.29) is 11.4 Å². The number of carbonyl (C=O) groups excluding carboxylic acids is 1. The van der Waals surface area contributed by atoms with Crippen LogP contribution in [0.3, 0.4) is 0 Å². The topological polar surface area (TPSA) is 75.7 Å². The Labute approximate surface area is 126 Å². The molecule has 0 radical (unpaired) electrons. The number of sulfonamides is 1. The lowest BCUT2D eigenvalue weighted by molar-refractivity contribution is -0.141. The van der Waals surface area contributed by atoms with Crippen molar-refractivity contribution in [2.75, 3.05) is 31.6 Å². The molecule has 0 amide bonds. The molecule has 0 aromatic heterocycles. The molecule has 6 nitrogen and oxygen atoms in total. The fraction of sp³-hybridized carbons (Fsp3) is 0.500. The van der Waals surface area contributed by atoms with Crippen molar-refractivity contribution in [2.45, 2.75) is 25.2 Å². The second-order valence-electron chi connectivity index (χ2n) is 4.53. The highest BCUT2D eigenvalue weighted by Crippen LogP contribution is 2.23. The van der Waals surface area contributed by atoms with Crippen molar-refractivity contribution >= 4 is 21.7 Å². The highest BCUT2D eigenvalue weighted by molar-refractivity contribution is 7.89. The lowest BCUT2D eigenvalue weighted by Crippen LogP contribution is -2.31. The molecule has 118 valence electrons. The molecule has 0 saturated carbocycles. The van der Waals surface area contributed by atoms with Crippen molar-refractivity contribution in [2.24, 2.45) is 0 Å². The van der Waals surface area contributed by atoms with E-state index in [2.05, 4.69) is 4.72 Å². The number of para-hydroxylation sites is 1. The Morgan fingerprint density at radius 1 is 1.29 bits per heavy atom. The van der Waals surface area contributed by atoms with Gasteiger partial charge in [0.25, 0.3) is 0 Å². The first-order chi connectivity index (χ1) is 9.92. The maximum atomic E-state index is 12.3. The van der Waals surface area contributed by atoms with Crippen LogP contribution in [-0.4, -0.2) is 41.1 Å². The number of hydrogen-bond acceptors (Lipinski definition) is 5. The summed E-state index contributed by atoms with van der Waals surface area (Å²) < 4.78 is 32.0. The molecule has 0 aliphatic heterocycles. The Bertz CT molecular complexity index is 572. The second-order valence-corrected chi connectivity index (χ2v) is 6.26. The third kappa shape index (κ3) is 5.02. The van der Waals surface area contributed by atoms with Gasteiger partial charge in [0.05, 0.1) is 12.3 Å². The second kappa shape index (κ2) is 7.99. The first-order valence-electron chi connectivity index (χ1n) is 6.87. The average molecular weight is 314 g/mol. The SMILES string of the molecule is CCCNS(=O)(=O)c1ccccc1N(C)CC(=O)OCC. The van der Waals surface area contributed by atoms with Crippen LogP contribution in [0.4, 0.5) is 5.69 Å². The van der Waals surface area contributed by atoms with Crippen LogP contribution in [0.1, 0.15) is 20.3 Å². The van der Waals surface area contributed by atoms with Crippen molar-refractivity contribution in [1.82, 2.24) is 4.72 Å². The largest absolute Gasteiger partial charge is 0.465 e. The summed E-state index contributed by atoms with van der Waals surface area (Å²) in [6, 6.07) is 6.58. The summed E-state index contributed by atoms with van der Waals surface area (Å²) in [4.78, 5) is 13.3. The number of esters is 1. The minimum absolute atomic E-state index is 0.00580. The molecule has 7 heteroatoms. The Morgan fingerprint density at radius 2 is 1.95 bits per heavy atom. The highest BCUT2D eigenvalue weighted by atomic mass is 32.2. The fourth-order valence-electron chi connectivity index (χ4n) is 1.80. The number of anilines is 1. The lowest BCUT2D eigenvalue weighted by Gasteiger charge is -2.21. The van der Waals surface area contributed by atoms with E-state index in [1.54, 1.807) is 37.1 Å². The summed E-state index contributed by atoms with van der Waals surface area (Å²) in [5.41, 5.74) is 0.467. The predicted molar refractivity (Wildman–Crippen MR) is 81.8 cm³/mol. The summed E-state index contributed by atoms with van der Waals surface area (Å²) in [5, 5.41) is 0. The zero-order valence-corrected chi connectivity index (χ0v) is 13.4. The average Bonchev–Trinajstić information content (AvgIpc) is 2.45. The van der Waals surface area contributed by atoms with Gasteiger partial charge in [-0.3, -0.25) is 4.79 Å². The molecule has 0 spiro atoms. The molecule has 0 atom stereocenters.